The molecule has 2 N–H and O–H groups in total. The summed E-state index contributed by atoms with van der Waals surface area (Å²) in [5, 5.41) is 0. The maximum Gasteiger partial charge on any atom is 0.0717 e. The average Bonchev–Trinajstić information content (AvgIpc) is 2.19. The van der Waals surface area contributed by atoms with Gasteiger partial charge in [0.15, 0.2) is 0 Å². The molecule has 0 aliphatic heterocycles. The Bertz CT molecular complexity index is 213. The van der Waals surface area contributed by atoms with E-state index < -0.39 is 0 Å². The van der Waals surface area contributed by atoms with Crippen molar-refractivity contribution in [2.75, 3.05) is 20.2 Å². The summed E-state index contributed by atoms with van der Waals surface area (Å²) in [6.07, 6.45) is 0. The van der Waals surface area contributed by atoms with Gasteiger partial charge in [-0.2, -0.15) is 0 Å². The lowest BCUT2D eigenvalue weighted by Gasteiger charge is -2.04. The van der Waals surface area contributed by atoms with Crippen molar-refractivity contribution < 1.29 is 4.74 Å². The van der Waals surface area contributed by atoms with E-state index in [2.05, 4.69) is 23.0 Å². The molecule has 0 saturated heterocycles. The third kappa shape index (κ3) is 4.62. The summed E-state index contributed by atoms with van der Waals surface area (Å²) in [5.41, 5.74) is 7.01. The molecule has 0 unspecified atom stereocenters. The van der Waals surface area contributed by atoms with E-state index in [9.17, 15) is 0 Å². The first-order valence-corrected chi connectivity index (χ1v) is 4.45. The topological polar surface area (TPSA) is 33.3 Å². The minimum absolute atomic E-state index is 0.687. The van der Waals surface area contributed by atoms with Crippen molar-refractivity contribution in [3.05, 3.63) is 35.9 Å². The molecule has 0 bridgehead atoms. The van der Waals surface area contributed by atoms with Crippen molar-refractivity contribution in [3.8, 4) is 0 Å². The third-order valence-corrected chi connectivity index (χ3v) is 1.66. The quantitative estimate of drug-likeness (QED) is 0.504. The van der Waals surface area contributed by atoms with Crippen LogP contribution in [0.25, 0.3) is 0 Å². The molecule has 0 spiro atoms. The van der Waals surface area contributed by atoms with Gasteiger partial charge in [0.2, 0.25) is 0 Å². The van der Waals surface area contributed by atoms with Crippen LogP contribution < -0.4 is 10.9 Å². The first-order chi connectivity index (χ1) is 6.43. The van der Waals surface area contributed by atoms with Crippen molar-refractivity contribution in [3.63, 3.8) is 0 Å². The van der Waals surface area contributed by atoms with Crippen LogP contribution in [0.4, 0.5) is 0 Å². The lowest BCUT2D eigenvalue weighted by atomic mass is 10.2. The minimum Gasteiger partial charge on any atom is -0.375 e. The molecule has 0 saturated carbocycles. The number of hydrogen-bond donors (Lipinski definition) is 2. The third-order valence-electron chi connectivity index (χ3n) is 1.66. The molecule has 0 aliphatic rings. The highest BCUT2D eigenvalue weighted by molar-refractivity contribution is 5.13. The van der Waals surface area contributed by atoms with E-state index in [1.165, 1.54) is 5.56 Å². The number of rotatable bonds is 6. The molecule has 0 amide bonds. The van der Waals surface area contributed by atoms with Crippen LogP contribution in [0.15, 0.2) is 30.3 Å². The standard InChI is InChI=1S/C10H16N2O/c1-11-12-7-8-13-9-10-5-3-2-4-6-10/h2-6,11-12H,7-9H2,1H3. The van der Waals surface area contributed by atoms with Gasteiger partial charge in [0.1, 0.15) is 0 Å². The van der Waals surface area contributed by atoms with E-state index in [0.29, 0.717) is 6.61 Å². The van der Waals surface area contributed by atoms with Gasteiger partial charge in [0, 0.05) is 6.54 Å². The number of nitrogens with one attached hydrogen (secondary N) is 2. The Morgan fingerprint density at radius 2 is 2.00 bits per heavy atom. The SMILES string of the molecule is CNNCCOCc1ccccc1. The Morgan fingerprint density at radius 3 is 2.69 bits per heavy atom. The summed E-state index contributed by atoms with van der Waals surface area (Å²) in [7, 11) is 1.84. The van der Waals surface area contributed by atoms with Gasteiger partial charge in [-0.05, 0) is 12.6 Å². The summed E-state index contributed by atoms with van der Waals surface area (Å²) in [6.45, 7) is 2.23. The summed E-state index contributed by atoms with van der Waals surface area (Å²) in [5.74, 6) is 0. The Balaban J connectivity index is 2.07. The monoisotopic (exact) mass is 180 g/mol. The lowest BCUT2D eigenvalue weighted by molar-refractivity contribution is 0.121. The van der Waals surface area contributed by atoms with Crippen LogP contribution in [0.3, 0.4) is 0 Å². The summed E-state index contributed by atoms with van der Waals surface area (Å²) in [4.78, 5) is 0. The average molecular weight is 180 g/mol. The molecule has 0 atom stereocenters. The van der Waals surface area contributed by atoms with Crippen LogP contribution in [0.2, 0.25) is 0 Å². The molecule has 72 valence electrons. The van der Waals surface area contributed by atoms with Crippen LogP contribution in [0, 0.1) is 0 Å². The zero-order valence-electron chi connectivity index (χ0n) is 7.92. The highest BCUT2D eigenvalue weighted by Crippen LogP contribution is 1.99. The van der Waals surface area contributed by atoms with E-state index in [0.717, 1.165) is 13.2 Å². The van der Waals surface area contributed by atoms with E-state index >= 15 is 0 Å². The number of ether oxygens (including phenoxy) is 1. The maximum atomic E-state index is 5.42. The molecule has 3 nitrogen and oxygen atoms in total. The van der Waals surface area contributed by atoms with Crippen LogP contribution >= 0.6 is 0 Å². The van der Waals surface area contributed by atoms with Crippen molar-refractivity contribution in [1.29, 1.82) is 0 Å². The predicted octanol–water partition coefficient (Wildman–Crippen LogP) is 0.927. The fraction of sp³-hybridized carbons (Fsp3) is 0.400. The second-order valence-electron chi connectivity index (χ2n) is 2.71. The fourth-order valence-electron chi connectivity index (χ4n) is 1.01. The van der Waals surface area contributed by atoms with E-state index in [1.807, 2.05) is 25.2 Å². The smallest absolute Gasteiger partial charge is 0.0717 e. The Morgan fingerprint density at radius 1 is 1.23 bits per heavy atom. The van der Waals surface area contributed by atoms with Crippen molar-refractivity contribution in [2.24, 2.45) is 0 Å². The summed E-state index contributed by atoms with van der Waals surface area (Å²) in [6, 6.07) is 10.2. The van der Waals surface area contributed by atoms with E-state index in [4.69, 9.17) is 4.74 Å². The van der Waals surface area contributed by atoms with Crippen LogP contribution in [0.1, 0.15) is 5.56 Å². The van der Waals surface area contributed by atoms with Gasteiger partial charge in [-0.1, -0.05) is 30.3 Å². The lowest BCUT2D eigenvalue weighted by Crippen LogP contribution is -2.30. The van der Waals surface area contributed by atoms with Gasteiger partial charge in [-0.3, -0.25) is 10.9 Å². The molecular weight excluding hydrogens is 164 g/mol. The van der Waals surface area contributed by atoms with E-state index in [-0.39, 0.29) is 0 Å². The number of hydrogen-bond acceptors (Lipinski definition) is 3. The van der Waals surface area contributed by atoms with Crippen molar-refractivity contribution in [1.82, 2.24) is 10.9 Å². The molecule has 13 heavy (non-hydrogen) atoms. The molecule has 1 aromatic rings. The van der Waals surface area contributed by atoms with Crippen molar-refractivity contribution in [2.45, 2.75) is 6.61 Å². The fourth-order valence-corrected chi connectivity index (χ4v) is 1.01. The molecule has 1 rings (SSSR count). The summed E-state index contributed by atoms with van der Waals surface area (Å²) >= 11 is 0. The second kappa shape index (κ2) is 6.60. The predicted molar refractivity (Wildman–Crippen MR) is 53.2 cm³/mol. The van der Waals surface area contributed by atoms with Gasteiger partial charge >= 0.3 is 0 Å². The van der Waals surface area contributed by atoms with Crippen LogP contribution in [-0.2, 0) is 11.3 Å². The molecule has 0 radical (unpaired) electrons. The molecule has 3 heteroatoms. The van der Waals surface area contributed by atoms with Crippen molar-refractivity contribution >= 4 is 0 Å². The first-order valence-electron chi connectivity index (χ1n) is 4.45. The van der Waals surface area contributed by atoms with Gasteiger partial charge in [-0.15, -0.1) is 0 Å². The zero-order valence-corrected chi connectivity index (χ0v) is 7.92. The highest BCUT2D eigenvalue weighted by Gasteiger charge is 1.90. The van der Waals surface area contributed by atoms with Gasteiger partial charge in [-0.25, -0.2) is 0 Å². The molecule has 0 heterocycles. The largest absolute Gasteiger partial charge is 0.375 e. The molecule has 0 fully saturated rings. The molecule has 0 aromatic heterocycles. The first kappa shape index (κ1) is 10.2. The zero-order chi connectivity index (χ0) is 9.36. The van der Waals surface area contributed by atoms with Crippen LogP contribution in [0.5, 0.6) is 0 Å². The maximum absolute atomic E-state index is 5.42. The highest BCUT2D eigenvalue weighted by atomic mass is 16.5. The molecular formula is C10H16N2O. The van der Waals surface area contributed by atoms with Crippen LogP contribution in [-0.4, -0.2) is 20.2 Å². The Kier molecular flexibility index (Phi) is 5.17. The van der Waals surface area contributed by atoms with Gasteiger partial charge in [0.05, 0.1) is 13.2 Å². The minimum atomic E-state index is 0.687. The normalized spacial score (nSPS) is 10.2. The van der Waals surface area contributed by atoms with Gasteiger partial charge < -0.3 is 4.74 Å². The summed E-state index contributed by atoms with van der Waals surface area (Å²) < 4.78 is 5.42. The number of hydrazine groups is 1. The second-order valence-corrected chi connectivity index (χ2v) is 2.71. The Labute approximate surface area is 79.1 Å². The Hall–Kier alpha value is -0.900. The molecule has 0 aliphatic carbocycles. The molecule has 1 aromatic carbocycles. The van der Waals surface area contributed by atoms with E-state index in [1.54, 1.807) is 0 Å². The number of benzene rings is 1. The van der Waals surface area contributed by atoms with Gasteiger partial charge in [0.25, 0.3) is 0 Å².